The van der Waals surface area contributed by atoms with Gasteiger partial charge in [-0.2, -0.15) is 5.10 Å². The molecule has 0 bridgehead atoms. The number of aryl methyl sites for hydroxylation is 1. The highest BCUT2D eigenvalue weighted by Crippen LogP contribution is 2.32. The van der Waals surface area contributed by atoms with Gasteiger partial charge in [0, 0.05) is 18.8 Å². The van der Waals surface area contributed by atoms with Crippen LogP contribution in [-0.4, -0.2) is 28.1 Å². The molecule has 0 amide bonds. The number of thiocarbonyl (C=S) groups is 1. The summed E-state index contributed by atoms with van der Waals surface area (Å²) in [6.45, 7) is 3.12. The van der Waals surface area contributed by atoms with E-state index in [4.69, 9.17) is 21.7 Å². The molecule has 7 heteroatoms. The largest absolute Gasteiger partial charge is 0.486 e. The van der Waals surface area contributed by atoms with Crippen LogP contribution in [0, 0.1) is 6.92 Å². The third-order valence-corrected chi connectivity index (χ3v) is 3.49. The van der Waals surface area contributed by atoms with Crippen molar-refractivity contribution in [3.8, 4) is 11.5 Å². The molecule has 110 valence electrons. The summed E-state index contributed by atoms with van der Waals surface area (Å²) in [5.74, 6) is 1.49. The van der Waals surface area contributed by atoms with Gasteiger partial charge in [-0.15, -0.1) is 0 Å². The van der Waals surface area contributed by atoms with Crippen molar-refractivity contribution >= 4 is 28.7 Å². The summed E-state index contributed by atoms with van der Waals surface area (Å²) in [6.07, 6.45) is 1.74. The Balaban J connectivity index is 1.68. The second-order valence-electron chi connectivity index (χ2n) is 4.70. The molecule has 2 N–H and O–H groups in total. The fourth-order valence-corrected chi connectivity index (χ4v) is 2.25. The van der Waals surface area contributed by atoms with Crippen LogP contribution in [0.3, 0.4) is 0 Å². The first kappa shape index (κ1) is 13.7. The standard InChI is InChI=1S/C14H16N4O2S/c1-9-11(8-15-18(9)2)17-14(21)16-10-3-4-12-13(7-10)20-6-5-19-12/h3-4,7-8H,5-6H2,1-2H3,(H2,16,17,21). The highest BCUT2D eigenvalue weighted by Gasteiger charge is 2.12. The average molecular weight is 304 g/mol. The maximum absolute atomic E-state index is 5.54. The van der Waals surface area contributed by atoms with Crippen LogP contribution in [0.25, 0.3) is 0 Å². The molecule has 0 fully saturated rings. The maximum Gasteiger partial charge on any atom is 0.175 e. The van der Waals surface area contributed by atoms with Crippen LogP contribution in [0.1, 0.15) is 5.69 Å². The number of nitrogens with zero attached hydrogens (tertiary/aromatic N) is 2. The molecule has 0 spiro atoms. The van der Waals surface area contributed by atoms with E-state index >= 15 is 0 Å². The summed E-state index contributed by atoms with van der Waals surface area (Å²) in [5.41, 5.74) is 2.74. The van der Waals surface area contributed by atoms with Gasteiger partial charge in [-0.05, 0) is 31.3 Å². The van der Waals surface area contributed by atoms with Crippen molar-refractivity contribution in [2.75, 3.05) is 23.8 Å². The van der Waals surface area contributed by atoms with Gasteiger partial charge >= 0.3 is 0 Å². The average Bonchev–Trinajstić information content (AvgIpc) is 2.79. The first-order valence-electron chi connectivity index (χ1n) is 6.60. The lowest BCUT2D eigenvalue weighted by molar-refractivity contribution is 0.171. The Morgan fingerprint density at radius 1 is 1.24 bits per heavy atom. The van der Waals surface area contributed by atoms with Gasteiger partial charge in [0.2, 0.25) is 0 Å². The number of fused-ring (bicyclic) bond motifs is 1. The Labute approximate surface area is 128 Å². The molecule has 6 nitrogen and oxygen atoms in total. The SMILES string of the molecule is Cc1c(NC(=S)Nc2ccc3c(c2)OCCO3)cnn1C. The van der Waals surface area contributed by atoms with E-state index in [2.05, 4.69) is 15.7 Å². The first-order chi connectivity index (χ1) is 10.1. The smallest absolute Gasteiger partial charge is 0.175 e. The predicted octanol–water partition coefficient (Wildman–Crippen LogP) is 2.31. The summed E-state index contributed by atoms with van der Waals surface area (Å²) < 4.78 is 12.8. The molecule has 2 aromatic rings. The molecule has 21 heavy (non-hydrogen) atoms. The minimum Gasteiger partial charge on any atom is -0.486 e. The first-order valence-corrected chi connectivity index (χ1v) is 7.00. The number of nitrogens with one attached hydrogen (secondary N) is 2. The minimum atomic E-state index is 0.503. The summed E-state index contributed by atoms with van der Waals surface area (Å²) in [5, 5.41) is 10.9. The van der Waals surface area contributed by atoms with E-state index in [1.165, 1.54) is 0 Å². The second kappa shape index (κ2) is 5.61. The van der Waals surface area contributed by atoms with Gasteiger partial charge in [0.25, 0.3) is 0 Å². The zero-order chi connectivity index (χ0) is 14.8. The number of hydrogen-bond donors (Lipinski definition) is 2. The van der Waals surface area contributed by atoms with Crippen molar-refractivity contribution in [2.45, 2.75) is 6.92 Å². The van der Waals surface area contributed by atoms with Gasteiger partial charge in [0.15, 0.2) is 16.6 Å². The summed E-state index contributed by atoms with van der Waals surface area (Å²) in [7, 11) is 1.89. The zero-order valence-electron chi connectivity index (χ0n) is 11.8. The predicted molar refractivity (Wildman–Crippen MR) is 85.2 cm³/mol. The van der Waals surface area contributed by atoms with Gasteiger partial charge in [0.05, 0.1) is 17.6 Å². The second-order valence-corrected chi connectivity index (χ2v) is 5.11. The Hall–Kier alpha value is -2.28. The lowest BCUT2D eigenvalue weighted by Gasteiger charge is -2.19. The lowest BCUT2D eigenvalue weighted by Crippen LogP contribution is -2.20. The number of hydrogen-bond acceptors (Lipinski definition) is 4. The molecule has 0 saturated carbocycles. The highest BCUT2D eigenvalue weighted by molar-refractivity contribution is 7.80. The van der Waals surface area contributed by atoms with Crippen LogP contribution < -0.4 is 20.1 Å². The monoisotopic (exact) mass is 304 g/mol. The van der Waals surface area contributed by atoms with Crippen LogP contribution >= 0.6 is 12.2 Å². The van der Waals surface area contributed by atoms with E-state index in [-0.39, 0.29) is 0 Å². The Bertz CT molecular complexity index is 684. The van der Waals surface area contributed by atoms with Gasteiger partial charge in [-0.3, -0.25) is 4.68 Å². The van der Waals surface area contributed by atoms with Crippen LogP contribution in [0.2, 0.25) is 0 Å². The molecule has 2 heterocycles. The minimum absolute atomic E-state index is 0.503. The molecule has 0 atom stereocenters. The fraction of sp³-hybridized carbons (Fsp3) is 0.286. The van der Waals surface area contributed by atoms with Crippen molar-refractivity contribution in [1.82, 2.24) is 9.78 Å². The molecule has 1 aliphatic heterocycles. The number of ether oxygens (including phenoxy) is 2. The number of anilines is 2. The third-order valence-electron chi connectivity index (χ3n) is 3.28. The Morgan fingerprint density at radius 2 is 2.00 bits per heavy atom. The molecule has 1 aliphatic rings. The van der Waals surface area contributed by atoms with E-state index in [9.17, 15) is 0 Å². The molecule has 0 saturated heterocycles. The molecule has 0 aliphatic carbocycles. The van der Waals surface area contributed by atoms with E-state index in [1.54, 1.807) is 10.9 Å². The fourth-order valence-electron chi connectivity index (χ4n) is 2.03. The van der Waals surface area contributed by atoms with E-state index in [0.717, 1.165) is 28.6 Å². The summed E-state index contributed by atoms with van der Waals surface area (Å²) >= 11 is 5.31. The molecule has 1 aromatic heterocycles. The zero-order valence-corrected chi connectivity index (χ0v) is 12.7. The molecule has 1 aromatic carbocycles. The lowest BCUT2D eigenvalue weighted by atomic mass is 10.2. The number of benzene rings is 1. The van der Waals surface area contributed by atoms with Gasteiger partial charge in [-0.1, -0.05) is 0 Å². The topological polar surface area (TPSA) is 60.3 Å². The molecule has 3 rings (SSSR count). The Morgan fingerprint density at radius 3 is 2.71 bits per heavy atom. The van der Waals surface area contributed by atoms with Crippen LogP contribution in [0.4, 0.5) is 11.4 Å². The van der Waals surface area contributed by atoms with Crippen LogP contribution in [0.15, 0.2) is 24.4 Å². The van der Waals surface area contributed by atoms with Crippen molar-refractivity contribution in [3.63, 3.8) is 0 Å². The maximum atomic E-state index is 5.54. The number of aromatic nitrogens is 2. The summed E-state index contributed by atoms with van der Waals surface area (Å²) in [4.78, 5) is 0. The molecule has 0 unspecified atom stereocenters. The quantitative estimate of drug-likeness (QED) is 0.830. The third kappa shape index (κ3) is 2.92. The van der Waals surface area contributed by atoms with Gasteiger partial charge in [-0.25, -0.2) is 0 Å². The molecular weight excluding hydrogens is 288 g/mol. The summed E-state index contributed by atoms with van der Waals surface area (Å²) in [6, 6.07) is 5.64. The highest BCUT2D eigenvalue weighted by atomic mass is 32.1. The van der Waals surface area contributed by atoms with E-state index < -0.39 is 0 Å². The van der Waals surface area contributed by atoms with Crippen molar-refractivity contribution in [1.29, 1.82) is 0 Å². The van der Waals surface area contributed by atoms with Crippen molar-refractivity contribution < 1.29 is 9.47 Å². The van der Waals surface area contributed by atoms with Gasteiger partial charge in [0.1, 0.15) is 13.2 Å². The van der Waals surface area contributed by atoms with E-state index in [0.29, 0.717) is 18.3 Å². The van der Waals surface area contributed by atoms with Crippen molar-refractivity contribution in [3.05, 3.63) is 30.1 Å². The number of rotatable bonds is 2. The molecular formula is C14H16N4O2S. The van der Waals surface area contributed by atoms with E-state index in [1.807, 2.05) is 32.2 Å². The van der Waals surface area contributed by atoms with Crippen LogP contribution in [0.5, 0.6) is 11.5 Å². The Kier molecular flexibility index (Phi) is 3.66. The van der Waals surface area contributed by atoms with Crippen LogP contribution in [-0.2, 0) is 7.05 Å². The normalized spacial score (nSPS) is 12.9. The van der Waals surface area contributed by atoms with Crippen molar-refractivity contribution in [2.24, 2.45) is 7.05 Å². The van der Waals surface area contributed by atoms with Gasteiger partial charge < -0.3 is 20.1 Å². The molecule has 0 radical (unpaired) electrons.